The highest BCUT2D eigenvalue weighted by molar-refractivity contribution is 9.10. The molecule has 0 radical (unpaired) electrons. The van der Waals surface area contributed by atoms with Crippen molar-refractivity contribution in [2.45, 2.75) is 20.1 Å². The van der Waals surface area contributed by atoms with Crippen LogP contribution in [0.25, 0.3) is 0 Å². The van der Waals surface area contributed by atoms with Crippen molar-refractivity contribution in [2.75, 3.05) is 11.9 Å². The molecule has 27 heavy (non-hydrogen) atoms. The highest BCUT2D eigenvalue weighted by Crippen LogP contribution is 2.30. The van der Waals surface area contributed by atoms with E-state index in [2.05, 4.69) is 21.2 Å². The Morgan fingerprint density at radius 1 is 0.852 bits per heavy atom. The van der Waals surface area contributed by atoms with Gasteiger partial charge in [-0.3, -0.25) is 0 Å². The molecule has 3 rings (SSSR count). The maximum absolute atomic E-state index is 13.0. The first-order valence-electron chi connectivity index (χ1n) is 8.76. The highest BCUT2D eigenvalue weighted by atomic mass is 79.9. The van der Waals surface area contributed by atoms with Crippen LogP contribution < -0.4 is 14.8 Å². The van der Waals surface area contributed by atoms with Crippen LogP contribution in [0.5, 0.6) is 11.5 Å². The lowest BCUT2D eigenvalue weighted by Crippen LogP contribution is -2.03. The first-order chi connectivity index (χ1) is 13.1. The second kappa shape index (κ2) is 9.42. The van der Waals surface area contributed by atoms with E-state index in [0.29, 0.717) is 31.3 Å². The summed E-state index contributed by atoms with van der Waals surface area (Å²) in [6, 6.07) is 20.2. The fourth-order valence-electron chi connectivity index (χ4n) is 2.56. The van der Waals surface area contributed by atoms with Crippen LogP contribution in [-0.2, 0) is 13.2 Å². The summed E-state index contributed by atoms with van der Waals surface area (Å²) in [4.78, 5) is 0. The predicted octanol–water partition coefficient (Wildman–Crippen LogP) is 6.18. The topological polar surface area (TPSA) is 30.5 Å². The molecule has 0 aliphatic rings. The zero-order valence-electron chi connectivity index (χ0n) is 15.0. The molecule has 0 amide bonds. The van der Waals surface area contributed by atoms with E-state index >= 15 is 0 Å². The Morgan fingerprint density at radius 3 is 2.26 bits per heavy atom. The molecule has 3 aromatic rings. The normalized spacial score (nSPS) is 10.5. The summed E-state index contributed by atoms with van der Waals surface area (Å²) in [7, 11) is 0. The van der Waals surface area contributed by atoms with Crippen molar-refractivity contribution >= 4 is 21.6 Å². The van der Waals surface area contributed by atoms with Crippen LogP contribution in [0, 0.1) is 5.82 Å². The molecule has 0 heterocycles. The Bertz CT molecular complexity index is 866. The summed E-state index contributed by atoms with van der Waals surface area (Å²) >= 11 is 3.43. The third-order valence-electron chi connectivity index (χ3n) is 3.96. The lowest BCUT2D eigenvalue weighted by atomic mass is 10.2. The summed E-state index contributed by atoms with van der Waals surface area (Å²) in [5, 5.41) is 3.27. The van der Waals surface area contributed by atoms with Crippen LogP contribution in [-0.4, -0.2) is 6.61 Å². The molecule has 0 aliphatic carbocycles. The van der Waals surface area contributed by atoms with Crippen molar-refractivity contribution < 1.29 is 13.9 Å². The maximum atomic E-state index is 13.0. The minimum absolute atomic E-state index is 0.244. The molecular formula is C22H21BrFNO2. The molecule has 0 atom stereocenters. The molecule has 0 saturated heterocycles. The average Bonchev–Trinajstić information content (AvgIpc) is 2.68. The fourth-order valence-corrected chi connectivity index (χ4v) is 2.83. The minimum atomic E-state index is -0.244. The molecule has 0 unspecified atom stereocenters. The van der Waals surface area contributed by atoms with Crippen molar-refractivity contribution in [3.05, 3.63) is 88.1 Å². The molecule has 140 valence electrons. The molecule has 5 heteroatoms. The van der Waals surface area contributed by atoms with Crippen LogP contribution in [0.2, 0.25) is 0 Å². The zero-order chi connectivity index (χ0) is 19.1. The van der Waals surface area contributed by atoms with Gasteiger partial charge in [-0.1, -0.05) is 34.1 Å². The first-order valence-corrected chi connectivity index (χ1v) is 9.56. The number of nitrogens with one attached hydrogen (secondary N) is 1. The average molecular weight is 430 g/mol. The van der Waals surface area contributed by atoms with Crippen molar-refractivity contribution in [1.29, 1.82) is 0 Å². The number of hydrogen-bond donors (Lipinski definition) is 1. The summed E-state index contributed by atoms with van der Waals surface area (Å²) < 4.78 is 25.7. The van der Waals surface area contributed by atoms with Gasteiger partial charge in [0.25, 0.3) is 0 Å². The number of ether oxygens (including phenoxy) is 2. The molecule has 0 spiro atoms. The van der Waals surface area contributed by atoms with Crippen molar-refractivity contribution in [3.8, 4) is 11.5 Å². The van der Waals surface area contributed by atoms with E-state index in [1.807, 2.05) is 49.4 Å². The van der Waals surface area contributed by atoms with Crippen LogP contribution in [0.15, 0.2) is 71.2 Å². The standard InChI is InChI=1S/C22H21BrFNO2/c1-2-26-22-13-17(14-25-20-10-8-19(24)9-11-20)5-12-21(22)27-15-16-3-6-18(23)7-4-16/h3-13,25H,2,14-15H2,1H3. The van der Waals surface area contributed by atoms with E-state index in [9.17, 15) is 4.39 Å². The Balaban J connectivity index is 1.66. The lowest BCUT2D eigenvalue weighted by molar-refractivity contribution is 0.269. The largest absolute Gasteiger partial charge is 0.490 e. The summed E-state index contributed by atoms with van der Waals surface area (Å²) in [5.74, 6) is 1.18. The maximum Gasteiger partial charge on any atom is 0.161 e. The minimum Gasteiger partial charge on any atom is -0.490 e. The molecule has 1 N–H and O–H groups in total. The Hall–Kier alpha value is -2.53. The van der Waals surface area contributed by atoms with E-state index in [0.717, 1.165) is 21.3 Å². The second-order valence-corrected chi connectivity index (χ2v) is 6.91. The monoisotopic (exact) mass is 429 g/mol. The number of hydrogen-bond acceptors (Lipinski definition) is 3. The Morgan fingerprint density at radius 2 is 1.56 bits per heavy atom. The summed E-state index contributed by atoms with van der Waals surface area (Å²) in [5.41, 5.74) is 3.01. The quantitative estimate of drug-likeness (QED) is 0.463. The molecular weight excluding hydrogens is 409 g/mol. The lowest BCUT2D eigenvalue weighted by Gasteiger charge is -2.14. The molecule has 0 aromatic heterocycles. The van der Waals surface area contributed by atoms with Gasteiger partial charge >= 0.3 is 0 Å². The molecule has 0 fully saturated rings. The number of rotatable bonds is 8. The SMILES string of the molecule is CCOc1cc(CNc2ccc(F)cc2)ccc1OCc1ccc(Br)cc1. The smallest absolute Gasteiger partial charge is 0.161 e. The van der Waals surface area contributed by atoms with E-state index in [-0.39, 0.29) is 5.82 Å². The van der Waals surface area contributed by atoms with E-state index in [4.69, 9.17) is 9.47 Å². The van der Waals surface area contributed by atoms with Gasteiger partial charge in [-0.05, 0) is 66.6 Å². The van der Waals surface area contributed by atoms with Crippen molar-refractivity contribution in [1.82, 2.24) is 0 Å². The number of benzene rings is 3. The van der Waals surface area contributed by atoms with Crippen LogP contribution in [0.1, 0.15) is 18.1 Å². The Kier molecular flexibility index (Phi) is 6.71. The van der Waals surface area contributed by atoms with Gasteiger partial charge in [0.15, 0.2) is 11.5 Å². The van der Waals surface area contributed by atoms with Crippen molar-refractivity contribution in [3.63, 3.8) is 0 Å². The third-order valence-corrected chi connectivity index (χ3v) is 4.49. The van der Waals surface area contributed by atoms with Gasteiger partial charge in [-0.25, -0.2) is 4.39 Å². The second-order valence-electron chi connectivity index (χ2n) is 5.99. The fraction of sp³-hybridized carbons (Fsp3) is 0.182. The van der Waals surface area contributed by atoms with Crippen LogP contribution in [0.3, 0.4) is 0 Å². The van der Waals surface area contributed by atoms with Gasteiger partial charge < -0.3 is 14.8 Å². The van der Waals surface area contributed by atoms with E-state index < -0.39 is 0 Å². The molecule has 0 bridgehead atoms. The van der Waals surface area contributed by atoms with Gasteiger partial charge in [-0.15, -0.1) is 0 Å². The highest BCUT2D eigenvalue weighted by Gasteiger charge is 2.07. The third kappa shape index (κ3) is 5.73. The van der Waals surface area contributed by atoms with Gasteiger partial charge in [-0.2, -0.15) is 0 Å². The first kappa shape index (κ1) is 19.2. The van der Waals surface area contributed by atoms with Gasteiger partial charge in [0.05, 0.1) is 6.61 Å². The van der Waals surface area contributed by atoms with Crippen molar-refractivity contribution in [2.24, 2.45) is 0 Å². The summed E-state index contributed by atoms with van der Waals surface area (Å²) in [6.45, 7) is 3.59. The van der Waals surface area contributed by atoms with E-state index in [1.165, 1.54) is 12.1 Å². The predicted molar refractivity (Wildman–Crippen MR) is 110 cm³/mol. The Labute approximate surface area is 167 Å². The molecule has 3 aromatic carbocycles. The molecule has 0 aliphatic heterocycles. The number of halogens is 2. The van der Waals surface area contributed by atoms with Gasteiger partial charge in [0.2, 0.25) is 0 Å². The van der Waals surface area contributed by atoms with Gasteiger partial charge in [0.1, 0.15) is 12.4 Å². The number of anilines is 1. The zero-order valence-corrected chi connectivity index (χ0v) is 16.6. The molecule has 3 nitrogen and oxygen atoms in total. The van der Waals surface area contributed by atoms with Crippen LogP contribution >= 0.6 is 15.9 Å². The van der Waals surface area contributed by atoms with E-state index in [1.54, 1.807) is 12.1 Å². The molecule has 0 saturated carbocycles. The van der Waals surface area contributed by atoms with Gasteiger partial charge in [0, 0.05) is 16.7 Å². The summed E-state index contributed by atoms with van der Waals surface area (Å²) in [6.07, 6.45) is 0. The van der Waals surface area contributed by atoms with Crippen LogP contribution in [0.4, 0.5) is 10.1 Å².